The highest BCUT2D eigenvalue weighted by molar-refractivity contribution is 7.99. The van der Waals surface area contributed by atoms with Gasteiger partial charge in [-0.15, -0.1) is 23.1 Å². The third kappa shape index (κ3) is 3.08. The number of unbranched alkanes of at least 4 members (excludes halogenated alkanes) is 1. The van der Waals surface area contributed by atoms with Gasteiger partial charge in [0.05, 0.1) is 10.6 Å². The van der Waals surface area contributed by atoms with Gasteiger partial charge < -0.3 is 10.6 Å². The number of anilines is 2. The van der Waals surface area contributed by atoms with E-state index >= 15 is 0 Å². The lowest BCUT2D eigenvalue weighted by Crippen LogP contribution is -2.23. The average molecular weight is 269 g/mol. The van der Waals surface area contributed by atoms with Crippen molar-refractivity contribution >= 4 is 33.8 Å². The Labute approximate surface area is 112 Å². The Morgan fingerprint density at radius 1 is 1.47 bits per heavy atom. The van der Waals surface area contributed by atoms with E-state index in [1.165, 1.54) is 24.2 Å². The summed E-state index contributed by atoms with van der Waals surface area (Å²) in [6.45, 7) is 6.32. The minimum Gasteiger partial charge on any atom is -0.396 e. The van der Waals surface area contributed by atoms with Crippen molar-refractivity contribution in [3.63, 3.8) is 0 Å². The summed E-state index contributed by atoms with van der Waals surface area (Å²) >= 11 is 3.14. The van der Waals surface area contributed by atoms with Crippen LogP contribution in [0.25, 0.3) is 0 Å². The highest BCUT2D eigenvalue weighted by Gasteiger charge is 2.18. The lowest BCUT2D eigenvalue weighted by Gasteiger charge is -2.22. The van der Waals surface area contributed by atoms with Gasteiger partial charge in [0.2, 0.25) is 0 Å². The molecule has 0 aromatic carbocycles. The molecule has 1 aromatic heterocycles. The van der Waals surface area contributed by atoms with E-state index < -0.39 is 0 Å². The van der Waals surface area contributed by atoms with Crippen molar-refractivity contribution in [2.45, 2.75) is 31.6 Å². The number of thiophene rings is 1. The molecule has 0 amide bonds. The van der Waals surface area contributed by atoms with Gasteiger partial charge in [0.25, 0.3) is 0 Å². The second kappa shape index (κ2) is 6.77. The number of nitriles is 1. The minimum absolute atomic E-state index is 0.638. The zero-order valence-electron chi connectivity index (χ0n) is 10.6. The van der Waals surface area contributed by atoms with Gasteiger partial charge in [-0.25, -0.2) is 0 Å². The summed E-state index contributed by atoms with van der Waals surface area (Å²) in [7, 11) is 0. The van der Waals surface area contributed by atoms with Crippen molar-refractivity contribution in [1.29, 1.82) is 5.26 Å². The predicted molar refractivity (Wildman–Crippen MR) is 78.0 cm³/mol. The quantitative estimate of drug-likeness (QED) is 0.802. The smallest absolute Gasteiger partial charge is 0.131 e. The van der Waals surface area contributed by atoms with E-state index in [4.69, 9.17) is 11.0 Å². The zero-order valence-corrected chi connectivity index (χ0v) is 12.2. The molecule has 17 heavy (non-hydrogen) atoms. The first kappa shape index (κ1) is 14.2. The van der Waals surface area contributed by atoms with Crippen LogP contribution in [0.1, 0.15) is 31.6 Å². The van der Waals surface area contributed by atoms with Crippen LogP contribution >= 0.6 is 23.1 Å². The van der Waals surface area contributed by atoms with Crippen molar-refractivity contribution in [2.75, 3.05) is 30.0 Å². The van der Waals surface area contributed by atoms with Gasteiger partial charge in [0.15, 0.2) is 0 Å². The monoisotopic (exact) mass is 269 g/mol. The molecule has 0 saturated carbocycles. The first-order valence-corrected chi connectivity index (χ1v) is 7.84. The van der Waals surface area contributed by atoms with E-state index in [0.29, 0.717) is 10.6 Å². The molecule has 0 aliphatic heterocycles. The van der Waals surface area contributed by atoms with Crippen LogP contribution in [-0.4, -0.2) is 19.3 Å². The summed E-state index contributed by atoms with van der Waals surface area (Å²) in [5, 5.41) is 10.2. The molecule has 0 unspecified atom stereocenters. The van der Waals surface area contributed by atoms with Gasteiger partial charge in [0, 0.05) is 13.1 Å². The van der Waals surface area contributed by atoms with Crippen molar-refractivity contribution < 1.29 is 0 Å². The van der Waals surface area contributed by atoms with Crippen molar-refractivity contribution in [3.8, 4) is 6.07 Å². The molecule has 0 aliphatic carbocycles. The zero-order chi connectivity index (χ0) is 12.8. The fourth-order valence-electron chi connectivity index (χ4n) is 1.66. The molecule has 1 heterocycles. The molecule has 5 heteroatoms. The Morgan fingerprint density at radius 2 is 2.18 bits per heavy atom. The molecule has 94 valence electrons. The summed E-state index contributed by atoms with van der Waals surface area (Å²) in [5.41, 5.74) is 6.63. The number of rotatable bonds is 6. The van der Waals surface area contributed by atoms with E-state index in [2.05, 4.69) is 24.8 Å². The number of nitrogens with zero attached hydrogens (tertiary/aromatic N) is 2. The van der Waals surface area contributed by atoms with E-state index in [0.717, 1.165) is 23.0 Å². The van der Waals surface area contributed by atoms with Crippen LogP contribution in [-0.2, 0) is 0 Å². The van der Waals surface area contributed by atoms with Crippen LogP contribution < -0.4 is 10.6 Å². The molecule has 0 saturated heterocycles. The first-order chi connectivity index (χ1) is 8.19. The maximum absolute atomic E-state index is 9.03. The molecule has 0 aliphatic rings. The van der Waals surface area contributed by atoms with Gasteiger partial charge in [-0.2, -0.15) is 5.26 Å². The van der Waals surface area contributed by atoms with Crippen LogP contribution in [0.5, 0.6) is 0 Å². The fraction of sp³-hybridized carbons (Fsp3) is 0.583. The first-order valence-electron chi connectivity index (χ1n) is 5.80. The lowest BCUT2D eigenvalue weighted by molar-refractivity contribution is 0.733. The Bertz CT molecular complexity index is 407. The molecule has 0 bridgehead atoms. The topological polar surface area (TPSA) is 53.0 Å². The number of nitrogen functional groups attached to an aromatic ring is 1. The van der Waals surface area contributed by atoms with Gasteiger partial charge in [0.1, 0.15) is 15.9 Å². The average Bonchev–Trinajstić information content (AvgIpc) is 2.67. The van der Waals surface area contributed by atoms with Gasteiger partial charge >= 0.3 is 0 Å². The van der Waals surface area contributed by atoms with Crippen LogP contribution in [0.2, 0.25) is 0 Å². The predicted octanol–water partition coefficient (Wildman–Crippen LogP) is 3.55. The molecule has 3 nitrogen and oxygen atoms in total. The van der Waals surface area contributed by atoms with Crippen LogP contribution in [0, 0.1) is 11.3 Å². The number of hydrogen-bond donors (Lipinski definition) is 1. The molecule has 0 radical (unpaired) electrons. The third-order valence-electron chi connectivity index (χ3n) is 2.64. The van der Waals surface area contributed by atoms with Gasteiger partial charge in [-0.1, -0.05) is 13.3 Å². The molecule has 0 atom stereocenters. The molecular weight excluding hydrogens is 250 g/mol. The molecule has 0 fully saturated rings. The molecule has 1 rings (SSSR count). The lowest BCUT2D eigenvalue weighted by atomic mass is 10.3. The standard InChI is InChI=1S/C12H19N3S2/c1-4-6-7-15(5-2)12-11(16-3)10(14)9(8-13)17-12/h4-7,14H2,1-3H3. The summed E-state index contributed by atoms with van der Waals surface area (Å²) in [6.07, 6.45) is 4.36. The third-order valence-corrected chi connectivity index (χ3v) is 4.76. The van der Waals surface area contributed by atoms with Crippen molar-refractivity contribution in [1.82, 2.24) is 0 Å². The van der Waals surface area contributed by atoms with Gasteiger partial charge in [-0.05, 0) is 19.6 Å². The summed E-state index contributed by atoms with van der Waals surface area (Å²) in [6, 6.07) is 2.18. The second-order valence-electron chi connectivity index (χ2n) is 3.73. The van der Waals surface area contributed by atoms with Crippen molar-refractivity contribution in [2.24, 2.45) is 0 Å². The number of thioether (sulfide) groups is 1. The van der Waals surface area contributed by atoms with E-state index in [1.54, 1.807) is 11.8 Å². The largest absolute Gasteiger partial charge is 0.396 e. The maximum atomic E-state index is 9.03. The second-order valence-corrected chi connectivity index (χ2v) is 5.54. The van der Waals surface area contributed by atoms with Crippen molar-refractivity contribution in [3.05, 3.63) is 4.88 Å². The summed E-state index contributed by atoms with van der Waals surface area (Å²) in [5.74, 6) is 0. The highest BCUT2D eigenvalue weighted by Crippen LogP contribution is 2.43. The minimum atomic E-state index is 0.638. The van der Waals surface area contributed by atoms with E-state index in [9.17, 15) is 0 Å². The van der Waals surface area contributed by atoms with Gasteiger partial charge in [-0.3, -0.25) is 0 Å². The fourth-order valence-corrected chi connectivity index (χ4v) is 3.73. The Balaban J connectivity index is 3.06. The summed E-state index contributed by atoms with van der Waals surface area (Å²) in [4.78, 5) is 4.01. The number of nitrogens with two attached hydrogens (primary N) is 1. The van der Waals surface area contributed by atoms with E-state index in [1.807, 2.05) is 6.26 Å². The molecule has 2 N–H and O–H groups in total. The Hall–Kier alpha value is -0.860. The Kier molecular flexibility index (Phi) is 5.66. The maximum Gasteiger partial charge on any atom is 0.131 e. The van der Waals surface area contributed by atoms with Crippen LogP contribution in [0.3, 0.4) is 0 Å². The highest BCUT2D eigenvalue weighted by atomic mass is 32.2. The Morgan fingerprint density at radius 3 is 2.65 bits per heavy atom. The van der Waals surface area contributed by atoms with Crippen LogP contribution in [0.4, 0.5) is 10.7 Å². The summed E-state index contributed by atoms with van der Waals surface area (Å²) < 4.78 is 0. The normalized spacial score (nSPS) is 10.2. The van der Waals surface area contributed by atoms with E-state index in [-0.39, 0.29) is 0 Å². The van der Waals surface area contributed by atoms with Crippen LogP contribution in [0.15, 0.2) is 4.90 Å². The SMILES string of the molecule is CCCCN(CC)c1sc(C#N)c(N)c1SC. The molecular formula is C12H19N3S2. The molecule has 1 aromatic rings. The number of hydrogen-bond acceptors (Lipinski definition) is 5. The molecule has 0 spiro atoms.